The van der Waals surface area contributed by atoms with Gasteiger partial charge in [-0.05, 0) is 6.92 Å². The SMILES string of the molecule is CN/C=C(\C)c1n[nH]c(CO)n1. The molecule has 0 amide bonds. The quantitative estimate of drug-likeness (QED) is 0.588. The van der Waals surface area contributed by atoms with Crippen molar-refractivity contribution in [3.63, 3.8) is 0 Å². The number of hydrogen-bond donors (Lipinski definition) is 3. The summed E-state index contributed by atoms with van der Waals surface area (Å²) in [6.45, 7) is 1.78. The second-order valence-corrected chi connectivity index (χ2v) is 2.38. The number of aliphatic hydroxyl groups is 1. The highest BCUT2D eigenvalue weighted by Crippen LogP contribution is 2.05. The Balaban J connectivity index is 2.81. The molecule has 0 fully saturated rings. The van der Waals surface area contributed by atoms with Crippen LogP contribution in [0.1, 0.15) is 18.6 Å². The van der Waals surface area contributed by atoms with Crippen molar-refractivity contribution in [1.82, 2.24) is 20.5 Å². The molecule has 66 valence electrons. The molecular weight excluding hydrogens is 156 g/mol. The van der Waals surface area contributed by atoms with Crippen LogP contribution in [0.2, 0.25) is 0 Å². The highest BCUT2D eigenvalue weighted by molar-refractivity contribution is 5.56. The van der Waals surface area contributed by atoms with Gasteiger partial charge in [-0.2, -0.15) is 5.10 Å². The molecule has 1 rings (SSSR count). The van der Waals surface area contributed by atoms with E-state index in [9.17, 15) is 0 Å². The first-order valence-electron chi connectivity index (χ1n) is 3.64. The van der Waals surface area contributed by atoms with Gasteiger partial charge in [0.15, 0.2) is 11.6 Å². The molecule has 0 unspecified atom stereocenters. The number of aromatic nitrogens is 3. The molecule has 0 saturated heterocycles. The van der Waals surface area contributed by atoms with Crippen LogP contribution in [0.5, 0.6) is 0 Å². The Hall–Kier alpha value is -1.36. The molecule has 1 aromatic heterocycles. The van der Waals surface area contributed by atoms with Crippen LogP contribution < -0.4 is 5.32 Å². The van der Waals surface area contributed by atoms with E-state index < -0.39 is 0 Å². The van der Waals surface area contributed by atoms with Crippen LogP contribution in [0.25, 0.3) is 5.57 Å². The van der Waals surface area contributed by atoms with E-state index in [2.05, 4.69) is 20.5 Å². The van der Waals surface area contributed by atoms with Crippen molar-refractivity contribution in [3.8, 4) is 0 Å². The van der Waals surface area contributed by atoms with Crippen LogP contribution in [0.15, 0.2) is 6.20 Å². The Bertz CT molecular complexity index is 279. The first-order chi connectivity index (χ1) is 5.77. The fourth-order valence-electron chi connectivity index (χ4n) is 0.823. The number of H-pyrrole nitrogens is 1. The lowest BCUT2D eigenvalue weighted by Gasteiger charge is -1.92. The van der Waals surface area contributed by atoms with Crippen molar-refractivity contribution in [2.75, 3.05) is 7.05 Å². The van der Waals surface area contributed by atoms with Crippen molar-refractivity contribution >= 4 is 5.57 Å². The Labute approximate surface area is 70.5 Å². The molecule has 0 spiro atoms. The standard InChI is InChI=1S/C7H12N4O/c1-5(3-8-2)7-9-6(4-12)10-11-7/h3,8,12H,4H2,1-2H3,(H,9,10,11)/b5-3+. The molecular formula is C7H12N4O. The average molecular weight is 168 g/mol. The van der Waals surface area contributed by atoms with Gasteiger partial charge in [0.05, 0.1) is 0 Å². The predicted octanol–water partition coefficient (Wildman–Crippen LogP) is -0.123. The van der Waals surface area contributed by atoms with Gasteiger partial charge in [-0.1, -0.05) is 0 Å². The Morgan fingerprint density at radius 2 is 2.50 bits per heavy atom. The minimum Gasteiger partial charge on any atom is -0.394 e. The number of aliphatic hydroxyl groups excluding tert-OH is 1. The smallest absolute Gasteiger partial charge is 0.178 e. The van der Waals surface area contributed by atoms with Crippen molar-refractivity contribution in [2.24, 2.45) is 0 Å². The third-order valence-corrected chi connectivity index (χ3v) is 1.40. The van der Waals surface area contributed by atoms with Gasteiger partial charge in [-0.3, -0.25) is 5.10 Å². The van der Waals surface area contributed by atoms with Crippen molar-refractivity contribution in [2.45, 2.75) is 13.5 Å². The number of rotatable bonds is 3. The largest absolute Gasteiger partial charge is 0.394 e. The van der Waals surface area contributed by atoms with E-state index in [1.54, 1.807) is 6.20 Å². The third-order valence-electron chi connectivity index (χ3n) is 1.40. The highest BCUT2D eigenvalue weighted by Gasteiger charge is 2.02. The van der Waals surface area contributed by atoms with Gasteiger partial charge in [0.25, 0.3) is 0 Å². The molecule has 1 heterocycles. The van der Waals surface area contributed by atoms with E-state index in [1.807, 2.05) is 14.0 Å². The maximum absolute atomic E-state index is 8.69. The van der Waals surface area contributed by atoms with Crippen molar-refractivity contribution < 1.29 is 5.11 Å². The average Bonchev–Trinajstić information content (AvgIpc) is 2.52. The molecule has 3 N–H and O–H groups in total. The Morgan fingerprint density at radius 3 is 3.00 bits per heavy atom. The molecule has 5 heteroatoms. The maximum Gasteiger partial charge on any atom is 0.178 e. The van der Waals surface area contributed by atoms with Gasteiger partial charge in [0.1, 0.15) is 6.61 Å². The molecule has 0 aliphatic carbocycles. The number of aromatic amines is 1. The molecule has 0 aliphatic rings. The normalized spacial score (nSPS) is 11.8. The monoisotopic (exact) mass is 168 g/mol. The minimum absolute atomic E-state index is 0.111. The van der Waals surface area contributed by atoms with E-state index in [0.29, 0.717) is 11.6 Å². The lowest BCUT2D eigenvalue weighted by atomic mass is 10.3. The van der Waals surface area contributed by atoms with Crippen LogP contribution in [-0.4, -0.2) is 27.3 Å². The summed E-state index contributed by atoms with van der Waals surface area (Å²) in [4.78, 5) is 4.02. The minimum atomic E-state index is -0.111. The summed E-state index contributed by atoms with van der Waals surface area (Å²) >= 11 is 0. The number of nitrogens with zero attached hydrogens (tertiary/aromatic N) is 2. The lowest BCUT2D eigenvalue weighted by molar-refractivity contribution is 0.272. The lowest BCUT2D eigenvalue weighted by Crippen LogP contribution is -1.95. The van der Waals surface area contributed by atoms with Crippen LogP contribution in [0.3, 0.4) is 0 Å². The summed E-state index contributed by atoms with van der Waals surface area (Å²) in [7, 11) is 1.81. The zero-order valence-corrected chi connectivity index (χ0v) is 7.13. The first-order valence-corrected chi connectivity index (χ1v) is 3.64. The van der Waals surface area contributed by atoms with E-state index in [0.717, 1.165) is 5.57 Å². The molecule has 0 aromatic carbocycles. The van der Waals surface area contributed by atoms with E-state index in [-0.39, 0.29) is 6.61 Å². The summed E-state index contributed by atoms with van der Waals surface area (Å²) in [5, 5.41) is 18.1. The van der Waals surface area contributed by atoms with E-state index >= 15 is 0 Å². The second kappa shape index (κ2) is 3.87. The molecule has 0 aliphatic heterocycles. The molecule has 1 aromatic rings. The maximum atomic E-state index is 8.69. The van der Waals surface area contributed by atoms with Gasteiger partial charge < -0.3 is 10.4 Å². The predicted molar refractivity (Wildman–Crippen MR) is 45.0 cm³/mol. The second-order valence-electron chi connectivity index (χ2n) is 2.38. The highest BCUT2D eigenvalue weighted by atomic mass is 16.3. The van der Waals surface area contributed by atoms with Crippen molar-refractivity contribution in [1.29, 1.82) is 0 Å². The van der Waals surface area contributed by atoms with Gasteiger partial charge in [0.2, 0.25) is 0 Å². The molecule has 0 bridgehead atoms. The summed E-state index contributed by atoms with van der Waals surface area (Å²) in [6.07, 6.45) is 1.80. The Morgan fingerprint density at radius 1 is 1.75 bits per heavy atom. The van der Waals surface area contributed by atoms with Gasteiger partial charge in [0, 0.05) is 18.8 Å². The number of hydrogen-bond acceptors (Lipinski definition) is 4. The molecule has 0 atom stereocenters. The zero-order valence-electron chi connectivity index (χ0n) is 7.13. The topological polar surface area (TPSA) is 73.8 Å². The molecule has 0 radical (unpaired) electrons. The van der Waals surface area contributed by atoms with Crippen LogP contribution in [0, 0.1) is 0 Å². The van der Waals surface area contributed by atoms with Gasteiger partial charge >= 0.3 is 0 Å². The van der Waals surface area contributed by atoms with E-state index in [1.165, 1.54) is 0 Å². The summed E-state index contributed by atoms with van der Waals surface area (Å²) in [6, 6.07) is 0. The van der Waals surface area contributed by atoms with Gasteiger partial charge in [-0.15, -0.1) is 0 Å². The molecule has 0 saturated carbocycles. The fourth-order valence-corrected chi connectivity index (χ4v) is 0.823. The van der Waals surface area contributed by atoms with E-state index in [4.69, 9.17) is 5.11 Å². The molecule has 5 nitrogen and oxygen atoms in total. The number of allylic oxidation sites excluding steroid dienone is 1. The van der Waals surface area contributed by atoms with Crippen LogP contribution in [0.4, 0.5) is 0 Å². The van der Waals surface area contributed by atoms with Gasteiger partial charge in [-0.25, -0.2) is 4.98 Å². The first kappa shape index (κ1) is 8.73. The third kappa shape index (κ3) is 1.82. The number of nitrogens with one attached hydrogen (secondary N) is 2. The summed E-state index contributed by atoms with van der Waals surface area (Å²) in [5.74, 6) is 1.09. The van der Waals surface area contributed by atoms with Crippen LogP contribution in [-0.2, 0) is 6.61 Å². The summed E-state index contributed by atoms with van der Waals surface area (Å²) < 4.78 is 0. The fraction of sp³-hybridized carbons (Fsp3) is 0.429. The van der Waals surface area contributed by atoms with Crippen molar-refractivity contribution in [3.05, 3.63) is 17.8 Å². The zero-order chi connectivity index (χ0) is 8.97. The molecule has 12 heavy (non-hydrogen) atoms. The van der Waals surface area contributed by atoms with Crippen LogP contribution >= 0.6 is 0 Å². The Kier molecular flexibility index (Phi) is 2.82. The summed E-state index contributed by atoms with van der Waals surface area (Å²) in [5.41, 5.74) is 0.924.